The minimum absolute atomic E-state index is 0.115. The van der Waals surface area contributed by atoms with Gasteiger partial charge in [0, 0.05) is 18.7 Å². The molecule has 0 spiro atoms. The lowest BCUT2D eigenvalue weighted by Crippen LogP contribution is -2.39. The van der Waals surface area contributed by atoms with Gasteiger partial charge in [-0.1, -0.05) is 6.92 Å². The molecule has 0 bridgehead atoms. The van der Waals surface area contributed by atoms with Crippen molar-refractivity contribution >= 4 is 0 Å². The smallest absolute Gasteiger partial charge is 0.352 e. The number of aryl methyl sites for hydroxylation is 1. The number of benzene rings is 1. The molecule has 9 heteroatoms. The van der Waals surface area contributed by atoms with Crippen LogP contribution in [0.15, 0.2) is 27.8 Å². The van der Waals surface area contributed by atoms with Gasteiger partial charge in [-0.3, -0.25) is 9.36 Å². The molecule has 2 heterocycles. The Morgan fingerprint density at radius 3 is 2.41 bits per heavy atom. The van der Waals surface area contributed by atoms with Gasteiger partial charge in [0.05, 0.1) is 14.2 Å². The Bertz CT molecular complexity index is 1060. The number of methoxy groups -OCH3 is 2. The zero-order valence-electron chi connectivity index (χ0n) is 15.7. The summed E-state index contributed by atoms with van der Waals surface area (Å²) in [5.41, 5.74) is -0.272. The van der Waals surface area contributed by atoms with Gasteiger partial charge < -0.3 is 9.47 Å². The minimum atomic E-state index is -0.584. The van der Waals surface area contributed by atoms with E-state index in [1.165, 1.54) is 11.8 Å². The summed E-state index contributed by atoms with van der Waals surface area (Å²) in [7, 11) is 3.09. The van der Waals surface area contributed by atoms with Crippen molar-refractivity contribution in [3.8, 4) is 34.4 Å². The summed E-state index contributed by atoms with van der Waals surface area (Å²) in [5.74, 6) is 1.63. The molecule has 9 nitrogen and oxygen atoms in total. The quantitative estimate of drug-likeness (QED) is 0.646. The normalized spacial score (nSPS) is 11.0. The van der Waals surface area contributed by atoms with Crippen LogP contribution in [0.3, 0.4) is 0 Å². The number of rotatable bonds is 6. The molecule has 0 fully saturated rings. The van der Waals surface area contributed by atoms with Crippen molar-refractivity contribution in [3.05, 3.63) is 39.0 Å². The van der Waals surface area contributed by atoms with Gasteiger partial charge in [-0.05, 0) is 31.5 Å². The summed E-state index contributed by atoms with van der Waals surface area (Å²) in [6.45, 7) is 4.47. The average Bonchev–Trinajstić information content (AvgIpc) is 2.70. The van der Waals surface area contributed by atoms with Crippen LogP contribution in [0, 0.1) is 0 Å². The molecule has 0 atom stereocenters. The molecule has 0 saturated heterocycles. The van der Waals surface area contributed by atoms with E-state index in [1.807, 2.05) is 13.8 Å². The van der Waals surface area contributed by atoms with E-state index in [0.29, 0.717) is 42.4 Å². The second kappa shape index (κ2) is 7.56. The van der Waals surface area contributed by atoms with E-state index in [4.69, 9.17) is 9.47 Å². The Labute approximate surface area is 155 Å². The summed E-state index contributed by atoms with van der Waals surface area (Å²) in [5, 5.41) is 4.44. The number of fused-ring (bicyclic) bond motifs is 1. The molecule has 0 saturated carbocycles. The number of hydrogen-bond donors (Lipinski definition) is 0. The highest BCUT2D eigenvalue weighted by atomic mass is 16.5. The number of ether oxygens (including phenoxy) is 2. The first-order chi connectivity index (χ1) is 13.0. The highest BCUT2D eigenvalue weighted by molar-refractivity contribution is 5.63. The average molecular weight is 371 g/mol. The van der Waals surface area contributed by atoms with Crippen molar-refractivity contribution in [2.24, 2.45) is 0 Å². The third-order valence-corrected chi connectivity index (χ3v) is 4.16. The van der Waals surface area contributed by atoms with Gasteiger partial charge in [0.1, 0.15) is 0 Å². The molecule has 2 aliphatic rings. The van der Waals surface area contributed by atoms with Crippen LogP contribution >= 0.6 is 0 Å². The topological polar surface area (TPSA) is 101 Å². The maximum absolute atomic E-state index is 12.8. The van der Waals surface area contributed by atoms with Crippen LogP contribution in [-0.4, -0.2) is 38.5 Å². The molecule has 1 aromatic carbocycles. The second-order valence-electron chi connectivity index (χ2n) is 5.84. The van der Waals surface area contributed by atoms with E-state index in [-0.39, 0.29) is 11.5 Å². The van der Waals surface area contributed by atoms with E-state index in [1.54, 1.807) is 25.3 Å². The predicted molar refractivity (Wildman–Crippen MR) is 99.5 cm³/mol. The van der Waals surface area contributed by atoms with Crippen LogP contribution in [0.1, 0.15) is 20.3 Å². The molecule has 27 heavy (non-hydrogen) atoms. The van der Waals surface area contributed by atoms with Crippen LogP contribution in [-0.2, 0) is 13.1 Å². The van der Waals surface area contributed by atoms with Gasteiger partial charge in [0.15, 0.2) is 28.8 Å². The summed E-state index contributed by atoms with van der Waals surface area (Å²) < 4.78 is 13.2. The molecule has 142 valence electrons. The first-order valence-corrected chi connectivity index (χ1v) is 8.66. The van der Waals surface area contributed by atoms with Crippen molar-refractivity contribution in [2.75, 3.05) is 14.2 Å². The van der Waals surface area contributed by atoms with Crippen molar-refractivity contribution in [2.45, 2.75) is 33.4 Å². The number of hydrogen-bond acceptors (Lipinski definition) is 7. The molecular weight excluding hydrogens is 350 g/mol. The highest BCUT2D eigenvalue weighted by Crippen LogP contribution is 2.31. The standard InChI is InChI=1S/C18H21N5O4/c1-5-9-22-17(24)14-16(20-18(22)25)23(6-2)21-15(19-14)11-7-8-12(26-3)13(10-11)27-4/h7-8,10H,5-6,9H2,1-4H3. The SMILES string of the molecule is CCCn1c(=O)nc2n(CC)nc(-c3ccc(OC)c(OC)c3)nc-2c1=O. The Hall–Kier alpha value is -3.23. The van der Waals surface area contributed by atoms with Crippen LogP contribution in [0.5, 0.6) is 11.5 Å². The molecule has 0 amide bonds. The van der Waals surface area contributed by atoms with Crippen LogP contribution in [0.4, 0.5) is 0 Å². The molecule has 2 aliphatic heterocycles. The van der Waals surface area contributed by atoms with Gasteiger partial charge in [0.25, 0.3) is 5.56 Å². The molecule has 0 aliphatic carbocycles. The molecular formula is C18H21N5O4. The summed E-state index contributed by atoms with van der Waals surface area (Å²) in [4.78, 5) is 33.4. The van der Waals surface area contributed by atoms with Crippen molar-refractivity contribution < 1.29 is 9.47 Å². The van der Waals surface area contributed by atoms with Crippen molar-refractivity contribution in [3.63, 3.8) is 0 Å². The maximum Gasteiger partial charge on any atom is 0.352 e. The Balaban J connectivity index is 2.28. The summed E-state index contributed by atoms with van der Waals surface area (Å²) >= 11 is 0. The van der Waals surface area contributed by atoms with Crippen LogP contribution in [0.2, 0.25) is 0 Å². The Kier molecular flexibility index (Phi) is 5.20. The molecule has 0 unspecified atom stereocenters. The lowest BCUT2D eigenvalue weighted by molar-refractivity contribution is 0.355. The number of aromatic nitrogens is 5. The van der Waals surface area contributed by atoms with Gasteiger partial charge in [-0.15, -0.1) is 0 Å². The minimum Gasteiger partial charge on any atom is -0.493 e. The third kappa shape index (κ3) is 3.27. The Morgan fingerprint density at radius 2 is 1.78 bits per heavy atom. The highest BCUT2D eigenvalue weighted by Gasteiger charge is 2.21. The summed E-state index contributed by atoms with van der Waals surface area (Å²) in [6.07, 6.45) is 0.643. The van der Waals surface area contributed by atoms with E-state index in [2.05, 4.69) is 15.1 Å². The van der Waals surface area contributed by atoms with E-state index in [9.17, 15) is 9.59 Å². The van der Waals surface area contributed by atoms with Crippen molar-refractivity contribution in [1.82, 2.24) is 24.3 Å². The third-order valence-electron chi connectivity index (χ3n) is 4.16. The zero-order chi connectivity index (χ0) is 19.6. The fourth-order valence-corrected chi connectivity index (χ4v) is 2.82. The van der Waals surface area contributed by atoms with Crippen LogP contribution < -0.4 is 20.7 Å². The van der Waals surface area contributed by atoms with E-state index in [0.717, 1.165) is 4.57 Å². The monoisotopic (exact) mass is 371 g/mol. The fraction of sp³-hybridized carbons (Fsp3) is 0.389. The zero-order valence-corrected chi connectivity index (χ0v) is 15.7. The largest absolute Gasteiger partial charge is 0.493 e. The van der Waals surface area contributed by atoms with Gasteiger partial charge >= 0.3 is 5.69 Å². The first kappa shape index (κ1) is 18.6. The van der Waals surface area contributed by atoms with Gasteiger partial charge in [-0.25, -0.2) is 14.5 Å². The molecule has 0 N–H and O–H groups in total. The van der Waals surface area contributed by atoms with Gasteiger partial charge in [-0.2, -0.15) is 10.1 Å². The van der Waals surface area contributed by atoms with Gasteiger partial charge in [0.2, 0.25) is 0 Å². The first-order valence-electron chi connectivity index (χ1n) is 8.66. The van der Waals surface area contributed by atoms with Crippen molar-refractivity contribution in [1.29, 1.82) is 0 Å². The lowest BCUT2D eigenvalue weighted by atomic mass is 10.2. The maximum atomic E-state index is 12.8. The second-order valence-corrected chi connectivity index (χ2v) is 5.84. The number of nitrogens with zero attached hydrogens (tertiary/aromatic N) is 5. The fourth-order valence-electron chi connectivity index (χ4n) is 2.82. The lowest BCUT2D eigenvalue weighted by Gasteiger charge is -2.15. The van der Waals surface area contributed by atoms with E-state index >= 15 is 0 Å². The van der Waals surface area contributed by atoms with Crippen LogP contribution in [0.25, 0.3) is 22.9 Å². The molecule has 0 aromatic heterocycles. The molecule has 0 radical (unpaired) electrons. The predicted octanol–water partition coefficient (Wildman–Crippen LogP) is 1.41. The molecule has 1 aromatic rings. The Morgan fingerprint density at radius 1 is 1.04 bits per heavy atom. The molecule has 3 rings (SSSR count). The van der Waals surface area contributed by atoms with E-state index < -0.39 is 11.2 Å². The summed E-state index contributed by atoms with van der Waals surface area (Å²) in [6, 6.07) is 5.26.